The van der Waals surface area contributed by atoms with Gasteiger partial charge in [-0.05, 0) is 37.4 Å². The van der Waals surface area contributed by atoms with E-state index in [0.717, 1.165) is 43.6 Å². The predicted octanol–water partition coefficient (Wildman–Crippen LogP) is 3.13. The Balaban J connectivity index is 1.31. The molecule has 1 fully saturated rings. The first-order valence-corrected chi connectivity index (χ1v) is 11.0. The average molecular weight is 455 g/mol. The molecule has 32 heavy (non-hydrogen) atoms. The molecule has 1 amide bonds. The monoisotopic (exact) mass is 454 g/mol. The number of nitro groups is 1. The number of carbonyl (C=O) groups is 1. The van der Waals surface area contributed by atoms with Crippen molar-refractivity contribution in [3.05, 3.63) is 58.6 Å². The quantitative estimate of drug-likeness (QED) is 0.326. The maximum Gasteiger partial charge on any atom is 0.282 e. The number of amides is 1. The van der Waals surface area contributed by atoms with Gasteiger partial charge in [0.15, 0.2) is 0 Å². The number of carbonyl (C=O) groups excluding carboxylic acids is 1. The highest BCUT2D eigenvalue weighted by Gasteiger charge is 2.20. The molecule has 11 heteroatoms. The highest BCUT2D eigenvalue weighted by Crippen LogP contribution is 2.30. The lowest BCUT2D eigenvalue weighted by Gasteiger charge is -2.34. The van der Waals surface area contributed by atoms with Crippen molar-refractivity contribution in [2.75, 3.05) is 49.2 Å². The Morgan fingerprint density at radius 3 is 2.56 bits per heavy atom. The van der Waals surface area contributed by atoms with E-state index in [9.17, 15) is 14.9 Å². The number of benzene rings is 2. The van der Waals surface area contributed by atoms with Gasteiger partial charge >= 0.3 is 0 Å². The van der Waals surface area contributed by atoms with E-state index in [1.807, 2.05) is 24.3 Å². The molecule has 1 aliphatic rings. The zero-order valence-electron chi connectivity index (χ0n) is 17.4. The topological polar surface area (TPSA) is 118 Å². The zero-order chi connectivity index (χ0) is 22.5. The summed E-state index contributed by atoms with van der Waals surface area (Å²) in [6.45, 7) is 4.03. The van der Waals surface area contributed by atoms with E-state index < -0.39 is 4.92 Å². The smallest absolute Gasteiger partial charge is 0.282 e. The molecule has 3 aromatic rings. The van der Waals surface area contributed by atoms with Gasteiger partial charge in [-0.1, -0.05) is 23.9 Å². The Kier molecular flexibility index (Phi) is 6.66. The molecule has 1 N–H and O–H groups in total. The second-order valence-electron chi connectivity index (χ2n) is 7.32. The number of nitrogens with one attached hydrogen (secondary N) is 1. The molecule has 0 atom stereocenters. The number of anilines is 2. The first-order valence-electron chi connectivity index (χ1n) is 10.0. The van der Waals surface area contributed by atoms with Gasteiger partial charge in [0.1, 0.15) is 5.56 Å². The number of rotatable bonds is 7. The molecule has 0 radical (unpaired) electrons. The molecule has 0 saturated carbocycles. The van der Waals surface area contributed by atoms with Crippen LogP contribution in [0.25, 0.3) is 11.5 Å². The van der Waals surface area contributed by atoms with Crippen LogP contribution in [0.1, 0.15) is 0 Å². The molecule has 1 aliphatic heterocycles. The largest absolute Gasteiger partial charge is 0.411 e. The van der Waals surface area contributed by atoms with Gasteiger partial charge in [-0.15, -0.1) is 10.2 Å². The van der Waals surface area contributed by atoms with Crippen molar-refractivity contribution in [1.29, 1.82) is 0 Å². The number of likely N-dealkylation sites (N-methyl/N-ethyl adjacent to an activating group) is 1. The molecule has 10 nitrogen and oxygen atoms in total. The lowest BCUT2D eigenvalue weighted by atomic mass is 10.2. The predicted molar refractivity (Wildman–Crippen MR) is 122 cm³/mol. The van der Waals surface area contributed by atoms with Crippen LogP contribution in [-0.4, -0.2) is 64.9 Å². The second-order valence-corrected chi connectivity index (χ2v) is 8.25. The molecule has 4 rings (SSSR count). The van der Waals surface area contributed by atoms with E-state index in [1.54, 1.807) is 18.2 Å². The van der Waals surface area contributed by atoms with Crippen LogP contribution >= 0.6 is 11.8 Å². The van der Waals surface area contributed by atoms with Crippen LogP contribution in [0.2, 0.25) is 0 Å². The van der Waals surface area contributed by atoms with E-state index >= 15 is 0 Å². The van der Waals surface area contributed by atoms with Gasteiger partial charge in [0, 0.05) is 43.6 Å². The SMILES string of the molecule is CN1CCN(c2ccc(NC(=O)CSc3nnc(-c4ccccc4[N+](=O)[O-])o3)cc2)CC1. The number of hydrogen-bond donors (Lipinski definition) is 1. The van der Waals surface area contributed by atoms with E-state index in [0.29, 0.717) is 5.69 Å². The summed E-state index contributed by atoms with van der Waals surface area (Å²) in [7, 11) is 2.12. The standard InChI is InChI=1S/C21H22N6O4S/c1-25-10-12-26(13-11-25)16-8-6-15(7-9-16)22-19(28)14-32-21-24-23-20(31-21)17-4-2-3-5-18(17)27(29)30/h2-9H,10-14H2,1H3,(H,22,28). The molecule has 1 aromatic heterocycles. The van der Waals surface area contributed by atoms with Crippen LogP contribution in [0.3, 0.4) is 0 Å². The van der Waals surface area contributed by atoms with Crippen LogP contribution in [0.15, 0.2) is 58.2 Å². The van der Waals surface area contributed by atoms with Crippen LogP contribution in [0.4, 0.5) is 17.1 Å². The molecule has 166 valence electrons. The molecule has 0 aliphatic carbocycles. The van der Waals surface area contributed by atoms with Gasteiger partial charge in [0.2, 0.25) is 5.91 Å². The Morgan fingerprint density at radius 1 is 1.12 bits per heavy atom. The summed E-state index contributed by atoms with van der Waals surface area (Å²) >= 11 is 1.07. The summed E-state index contributed by atoms with van der Waals surface area (Å²) < 4.78 is 5.50. The van der Waals surface area contributed by atoms with Gasteiger partial charge in [-0.2, -0.15) is 0 Å². The third-order valence-electron chi connectivity index (χ3n) is 5.08. The molecule has 2 aromatic carbocycles. The summed E-state index contributed by atoms with van der Waals surface area (Å²) in [5.74, 6) is -0.105. The van der Waals surface area contributed by atoms with Gasteiger partial charge in [0.25, 0.3) is 16.8 Å². The first kappa shape index (κ1) is 21.8. The van der Waals surface area contributed by atoms with Crippen LogP contribution in [-0.2, 0) is 4.79 Å². The summed E-state index contributed by atoms with van der Waals surface area (Å²) in [4.78, 5) is 27.6. The van der Waals surface area contributed by atoms with E-state index in [-0.39, 0.29) is 34.0 Å². The number of aromatic nitrogens is 2. The minimum absolute atomic E-state index is 0.0414. The number of piperazine rings is 1. The van der Waals surface area contributed by atoms with Crippen LogP contribution in [0, 0.1) is 10.1 Å². The van der Waals surface area contributed by atoms with E-state index in [1.165, 1.54) is 6.07 Å². The Morgan fingerprint density at radius 2 is 1.84 bits per heavy atom. The van der Waals surface area contributed by atoms with E-state index in [4.69, 9.17) is 4.42 Å². The molecule has 0 unspecified atom stereocenters. The third kappa shape index (κ3) is 5.24. The number of thioether (sulfide) groups is 1. The fraction of sp³-hybridized carbons (Fsp3) is 0.286. The van der Waals surface area contributed by atoms with Gasteiger partial charge < -0.3 is 19.5 Å². The first-order chi connectivity index (χ1) is 15.5. The summed E-state index contributed by atoms with van der Waals surface area (Å²) in [6, 6.07) is 13.9. The normalized spacial score (nSPS) is 14.3. The van der Waals surface area contributed by atoms with Crippen molar-refractivity contribution in [2.45, 2.75) is 5.22 Å². The highest BCUT2D eigenvalue weighted by atomic mass is 32.2. The number of nitrogens with zero attached hydrogens (tertiary/aromatic N) is 5. The minimum atomic E-state index is -0.505. The van der Waals surface area contributed by atoms with Crippen molar-refractivity contribution in [1.82, 2.24) is 15.1 Å². The Bertz CT molecular complexity index is 1100. The molecular weight excluding hydrogens is 432 g/mol. The molecule has 2 heterocycles. The summed E-state index contributed by atoms with van der Waals surface area (Å²) in [6.07, 6.45) is 0. The van der Waals surface area contributed by atoms with E-state index in [2.05, 4.69) is 32.4 Å². The van der Waals surface area contributed by atoms with Crippen LogP contribution in [0.5, 0.6) is 0 Å². The lowest BCUT2D eigenvalue weighted by Crippen LogP contribution is -2.44. The summed E-state index contributed by atoms with van der Waals surface area (Å²) in [5, 5.41) is 21.9. The maximum absolute atomic E-state index is 12.3. The van der Waals surface area contributed by atoms with Crippen molar-refractivity contribution in [3.63, 3.8) is 0 Å². The van der Waals surface area contributed by atoms with Crippen molar-refractivity contribution in [2.24, 2.45) is 0 Å². The second kappa shape index (κ2) is 9.79. The highest BCUT2D eigenvalue weighted by molar-refractivity contribution is 7.99. The van der Waals surface area contributed by atoms with Gasteiger partial charge in [-0.3, -0.25) is 14.9 Å². The number of para-hydroxylation sites is 1. The Hall–Kier alpha value is -3.44. The lowest BCUT2D eigenvalue weighted by molar-refractivity contribution is -0.384. The van der Waals surface area contributed by atoms with Crippen molar-refractivity contribution < 1.29 is 14.1 Å². The van der Waals surface area contributed by atoms with Crippen molar-refractivity contribution >= 4 is 34.7 Å². The average Bonchev–Trinajstić information content (AvgIpc) is 3.28. The van der Waals surface area contributed by atoms with Gasteiger partial charge in [0.05, 0.1) is 10.7 Å². The maximum atomic E-state index is 12.3. The number of nitro benzene ring substituents is 1. The van der Waals surface area contributed by atoms with Gasteiger partial charge in [-0.25, -0.2) is 0 Å². The molecule has 0 bridgehead atoms. The molecule has 1 saturated heterocycles. The number of hydrogen-bond acceptors (Lipinski definition) is 9. The van der Waals surface area contributed by atoms with Crippen molar-refractivity contribution in [3.8, 4) is 11.5 Å². The molecule has 0 spiro atoms. The van der Waals surface area contributed by atoms with Crippen LogP contribution < -0.4 is 10.2 Å². The third-order valence-corrected chi connectivity index (χ3v) is 5.90. The molecular formula is C21H22N6O4S. The zero-order valence-corrected chi connectivity index (χ0v) is 18.2. The Labute approximate surface area is 188 Å². The summed E-state index contributed by atoms with van der Waals surface area (Å²) in [5.41, 5.74) is 1.96. The fourth-order valence-electron chi connectivity index (χ4n) is 3.34. The minimum Gasteiger partial charge on any atom is -0.411 e. The fourth-order valence-corrected chi connectivity index (χ4v) is 3.90.